The Kier molecular flexibility index (Phi) is 5.91. The fraction of sp³-hybridized carbons (Fsp3) is 0.429. The highest BCUT2D eigenvalue weighted by molar-refractivity contribution is 6.81. The first-order valence-corrected chi connectivity index (χ1v) is 12.4. The lowest BCUT2D eigenvalue weighted by Gasteiger charge is -2.22. The van der Waals surface area contributed by atoms with E-state index >= 15 is 0 Å². The molecule has 2 rings (SSSR count). The maximum absolute atomic E-state index is 12.6. The van der Waals surface area contributed by atoms with Crippen molar-refractivity contribution in [3.63, 3.8) is 0 Å². The van der Waals surface area contributed by atoms with E-state index < -0.39 is 25.4 Å². The van der Waals surface area contributed by atoms with Crippen LogP contribution in [0.1, 0.15) is 25.3 Å². The number of ether oxygens (including phenoxy) is 2. The van der Waals surface area contributed by atoms with Crippen LogP contribution in [0.25, 0.3) is 5.57 Å². The van der Waals surface area contributed by atoms with Crippen LogP contribution in [-0.2, 0) is 19.1 Å². The fourth-order valence-corrected chi connectivity index (χ4v) is 4.89. The first-order valence-electron chi connectivity index (χ1n) is 8.79. The minimum atomic E-state index is -1.56. The fourth-order valence-electron chi connectivity index (χ4n) is 3.57. The summed E-state index contributed by atoms with van der Waals surface area (Å²) < 4.78 is 9.99. The van der Waals surface area contributed by atoms with Gasteiger partial charge in [-0.1, -0.05) is 61.2 Å². The van der Waals surface area contributed by atoms with E-state index in [2.05, 4.69) is 25.3 Å². The highest BCUT2D eigenvalue weighted by Gasteiger charge is 2.54. The number of rotatable bonds is 4. The van der Waals surface area contributed by atoms with E-state index in [0.717, 1.165) is 22.3 Å². The average Bonchev–Trinajstić information content (AvgIpc) is 2.99. The van der Waals surface area contributed by atoms with E-state index in [-0.39, 0.29) is 0 Å². The molecule has 1 aliphatic carbocycles. The van der Waals surface area contributed by atoms with Gasteiger partial charge in [0.25, 0.3) is 0 Å². The van der Waals surface area contributed by atoms with Crippen LogP contribution >= 0.6 is 0 Å². The number of carbonyl (C=O) groups is 2. The van der Waals surface area contributed by atoms with Crippen LogP contribution in [0.2, 0.25) is 19.6 Å². The molecule has 0 aromatic heterocycles. The molecule has 26 heavy (non-hydrogen) atoms. The average molecular weight is 373 g/mol. The van der Waals surface area contributed by atoms with E-state index in [1.165, 1.54) is 14.2 Å². The third-order valence-corrected chi connectivity index (χ3v) is 5.99. The molecule has 1 aromatic carbocycles. The van der Waals surface area contributed by atoms with Crippen LogP contribution in [-0.4, -0.2) is 34.2 Å². The second-order valence-electron chi connectivity index (χ2n) is 7.92. The summed E-state index contributed by atoms with van der Waals surface area (Å²) in [6.45, 7) is 8.77. The first-order chi connectivity index (χ1) is 12.1. The number of hydrogen-bond acceptors (Lipinski definition) is 4. The Morgan fingerprint density at radius 2 is 1.54 bits per heavy atom. The lowest BCUT2D eigenvalue weighted by Crippen LogP contribution is -2.39. The lowest BCUT2D eigenvalue weighted by atomic mass is 9.85. The number of allylic oxidation sites excluding steroid dienone is 3. The topological polar surface area (TPSA) is 52.6 Å². The van der Waals surface area contributed by atoms with Crippen molar-refractivity contribution in [2.45, 2.75) is 39.4 Å². The van der Waals surface area contributed by atoms with Crippen molar-refractivity contribution in [2.75, 3.05) is 14.2 Å². The smallest absolute Gasteiger partial charge is 0.323 e. The van der Waals surface area contributed by atoms with Crippen molar-refractivity contribution in [2.24, 2.45) is 5.41 Å². The van der Waals surface area contributed by atoms with E-state index in [9.17, 15) is 9.59 Å². The molecule has 0 radical (unpaired) electrons. The molecule has 140 valence electrons. The molecule has 0 amide bonds. The molecule has 1 fully saturated rings. The largest absolute Gasteiger partial charge is 0.468 e. The van der Waals surface area contributed by atoms with Gasteiger partial charge in [-0.15, -0.1) is 0 Å². The van der Waals surface area contributed by atoms with Gasteiger partial charge in [-0.25, -0.2) is 0 Å². The van der Waals surface area contributed by atoms with Gasteiger partial charge in [0.2, 0.25) is 0 Å². The van der Waals surface area contributed by atoms with Crippen molar-refractivity contribution in [1.29, 1.82) is 0 Å². The highest BCUT2D eigenvalue weighted by atomic mass is 28.3. The third-order valence-electron chi connectivity index (χ3n) is 4.78. The Hall–Kier alpha value is -2.14. The molecule has 1 aliphatic rings. The van der Waals surface area contributed by atoms with Crippen LogP contribution in [0, 0.1) is 5.41 Å². The summed E-state index contributed by atoms with van der Waals surface area (Å²) in [5.74, 6) is -1.05. The summed E-state index contributed by atoms with van der Waals surface area (Å²) in [6.07, 6.45) is 0.638. The van der Waals surface area contributed by atoms with E-state index in [1.807, 2.05) is 37.3 Å². The zero-order chi connectivity index (χ0) is 19.5. The van der Waals surface area contributed by atoms with Gasteiger partial charge < -0.3 is 9.47 Å². The van der Waals surface area contributed by atoms with Gasteiger partial charge in [0.15, 0.2) is 5.41 Å². The Morgan fingerprint density at radius 1 is 1.00 bits per heavy atom. The van der Waals surface area contributed by atoms with Gasteiger partial charge in [-0.05, 0) is 30.1 Å². The molecular formula is C21H28O4Si. The molecule has 0 bridgehead atoms. The minimum absolute atomic E-state index is 0.309. The monoisotopic (exact) mass is 372 g/mol. The van der Waals surface area contributed by atoms with Crippen LogP contribution in [0.3, 0.4) is 0 Å². The second-order valence-corrected chi connectivity index (χ2v) is 12.9. The molecule has 0 aliphatic heterocycles. The van der Waals surface area contributed by atoms with Crippen LogP contribution in [0.5, 0.6) is 0 Å². The molecule has 0 N–H and O–H groups in total. The van der Waals surface area contributed by atoms with E-state index in [0.29, 0.717) is 12.8 Å². The summed E-state index contributed by atoms with van der Waals surface area (Å²) in [4.78, 5) is 25.2. The van der Waals surface area contributed by atoms with Gasteiger partial charge in [-0.2, -0.15) is 0 Å². The normalized spacial score (nSPS) is 20.0. The van der Waals surface area contributed by atoms with Crippen LogP contribution < -0.4 is 0 Å². The van der Waals surface area contributed by atoms with Crippen molar-refractivity contribution in [3.05, 3.63) is 52.7 Å². The van der Waals surface area contributed by atoms with Gasteiger partial charge in [0.05, 0.1) is 22.3 Å². The first kappa shape index (κ1) is 20.2. The molecular weight excluding hydrogens is 344 g/mol. The third kappa shape index (κ3) is 3.98. The van der Waals surface area contributed by atoms with Crippen molar-refractivity contribution >= 4 is 25.6 Å². The van der Waals surface area contributed by atoms with E-state index in [4.69, 9.17) is 9.47 Å². The molecule has 0 saturated heterocycles. The summed E-state index contributed by atoms with van der Waals surface area (Å²) in [6, 6.07) is 10.0. The molecule has 1 aromatic rings. The Morgan fingerprint density at radius 3 is 2.00 bits per heavy atom. The number of benzene rings is 1. The van der Waals surface area contributed by atoms with Gasteiger partial charge in [0.1, 0.15) is 0 Å². The van der Waals surface area contributed by atoms with Crippen molar-refractivity contribution < 1.29 is 19.1 Å². The Bertz CT molecular complexity index is 738. The minimum Gasteiger partial charge on any atom is -0.468 e. The predicted octanol–water partition coefficient (Wildman–Crippen LogP) is 4.39. The summed E-state index contributed by atoms with van der Waals surface area (Å²) in [5, 5.41) is 0. The lowest BCUT2D eigenvalue weighted by molar-refractivity contribution is -0.168. The molecule has 4 nitrogen and oxygen atoms in total. The van der Waals surface area contributed by atoms with Gasteiger partial charge in [-0.3, -0.25) is 9.59 Å². The maximum Gasteiger partial charge on any atom is 0.323 e. The molecule has 5 heteroatoms. The molecule has 0 spiro atoms. The molecule has 1 saturated carbocycles. The number of methoxy groups -OCH3 is 2. The quantitative estimate of drug-likeness (QED) is 0.447. The highest BCUT2D eigenvalue weighted by Crippen LogP contribution is 2.49. The molecule has 0 atom stereocenters. The predicted molar refractivity (Wildman–Crippen MR) is 106 cm³/mol. The maximum atomic E-state index is 12.6. The Labute approximate surface area is 156 Å². The Balaban J connectivity index is 2.67. The van der Waals surface area contributed by atoms with Crippen LogP contribution in [0.15, 0.2) is 47.2 Å². The van der Waals surface area contributed by atoms with Gasteiger partial charge in [0, 0.05) is 6.42 Å². The number of hydrogen-bond donors (Lipinski definition) is 0. The van der Waals surface area contributed by atoms with Gasteiger partial charge >= 0.3 is 11.9 Å². The molecule has 0 unspecified atom stereocenters. The number of esters is 2. The van der Waals surface area contributed by atoms with Crippen molar-refractivity contribution in [1.82, 2.24) is 0 Å². The summed E-state index contributed by atoms with van der Waals surface area (Å²) in [7, 11) is 1.08. The van der Waals surface area contributed by atoms with E-state index in [1.54, 1.807) is 0 Å². The summed E-state index contributed by atoms with van der Waals surface area (Å²) in [5.41, 5.74) is 5.29. The standard InChI is InChI=1S/C21H28O4Si/c1-15(16-10-8-7-9-11-16)18-13-21(19(22)24-2,20(23)25-3)12-17(18)14-26(4,5)6/h7-11,14H,12-13H2,1-6H3/b17-14+,18-15-. The second kappa shape index (κ2) is 7.62. The van der Waals surface area contributed by atoms with Crippen molar-refractivity contribution in [3.8, 4) is 0 Å². The zero-order valence-corrected chi connectivity index (χ0v) is 17.5. The zero-order valence-electron chi connectivity index (χ0n) is 16.5. The SMILES string of the molecule is COC(=O)C1(C(=O)OC)CC(=C(\C)c2ccccc2)/C(=C/[Si](C)(C)C)C1. The molecule has 0 heterocycles. The van der Waals surface area contributed by atoms with Crippen LogP contribution in [0.4, 0.5) is 0 Å². The number of carbonyl (C=O) groups excluding carboxylic acids is 2. The summed E-state index contributed by atoms with van der Waals surface area (Å²) >= 11 is 0.